The van der Waals surface area contributed by atoms with Gasteiger partial charge in [-0.2, -0.15) is 0 Å². The van der Waals surface area contributed by atoms with E-state index in [9.17, 15) is 5.11 Å². The van der Waals surface area contributed by atoms with Crippen LogP contribution in [0.15, 0.2) is 36.0 Å². The van der Waals surface area contributed by atoms with Crippen LogP contribution in [0.1, 0.15) is 41.0 Å². The van der Waals surface area contributed by atoms with E-state index in [-0.39, 0.29) is 22.9 Å². The summed E-state index contributed by atoms with van der Waals surface area (Å²) in [7, 11) is 0. The largest absolute Gasteiger partial charge is 0.388 e. The van der Waals surface area contributed by atoms with Gasteiger partial charge in [0.05, 0.1) is 6.10 Å². The summed E-state index contributed by atoms with van der Waals surface area (Å²) in [5.74, 6) is 0.815. The van der Waals surface area contributed by atoms with E-state index in [4.69, 9.17) is 0 Å². The lowest BCUT2D eigenvalue weighted by molar-refractivity contribution is 0.0683. The molecule has 0 heterocycles. The van der Waals surface area contributed by atoms with Gasteiger partial charge >= 0.3 is 0 Å². The predicted molar refractivity (Wildman–Crippen MR) is 77.2 cm³/mol. The Kier molecular flexibility index (Phi) is 3.09. The zero-order valence-corrected chi connectivity index (χ0v) is 12.3. The molecule has 1 saturated carbocycles. The second-order valence-electron chi connectivity index (χ2n) is 7.04. The Labute approximate surface area is 111 Å². The van der Waals surface area contributed by atoms with Gasteiger partial charge in [-0.25, -0.2) is 0 Å². The van der Waals surface area contributed by atoms with Crippen LogP contribution in [0.4, 0.5) is 0 Å². The Hall–Kier alpha value is -0.820. The molecule has 3 atom stereocenters. The molecule has 0 radical (unpaired) electrons. The smallest absolute Gasteiger partial charge is 0.0826 e. The van der Waals surface area contributed by atoms with Crippen LogP contribution in [0.2, 0.25) is 0 Å². The molecule has 0 aromatic carbocycles. The minimum atomic E-state index is -0.345. The molecule has 2 aliphatic rings. The monoisotopic (exact) mass is 246 g/mol. The number of fused-ring (bicyclic) bond motifs is 1. The molecular weight excluding hydrogens is 220 g/mol. The number of aliphatic hydroxyl groups is 1. The van der Waals surface area contributed by atoms with Crippen molar-refractivity contribution >= 4 is 0 Å². The maximum absolute atomic E-state index is 10.7. The minimum absolute atomic E-state index is 0.134. The first-order valence-electron chi connectivity index (χ1n) is 6.94. The molecule has 0 aliphatic heterocycles. The first kappa shape index (κ1) is 13.6. The number of rotatable bonds is 2. The Morgan fingerprint density at radius 2 is 1.89 bits per heavy atom. The molecule has 0 amide bonds. The van der Waals surface area contributed by atoms with E-state index in [0.29, 0.717) is 5.92 Å². The molecule has 1 heteroatoms. The van der Waals surface area contributed by atoms with Crippen LogP contribution >= 0.6 is 0 Å². The molecule has 2 aliphatic carbocycles. The van der Waals surface area contributed by atoms with E-state index in [1.807, 2.05) is 6.08 Å². The fourth-order valence-electron chi connectivity index (χ4n) is 4.01. The molecule has 0 aromatic heterocycles. The van der Waals surface area contributed by atoms with Crippen LogP contribution < -0.4 is 0 Å². The predicted octanol–water partition coefficient (Wildman–Crippen LogP) is 4.11. The van der Waals surface area contributed by atoms with E-state index >= 15 is 0 Å². The molecule has 0 bridgehead atoms. The fraction of sp³-hybridized carbons (Fsp3) is 0.647. The van der Waals surface area contributed by atoms with Crippen molar-refractivity contribution in [2.75, 3.05) is 0 Å². The molecular formula is C17H26O. The molecule has 2 rings (SSSR count). The fourth-order valence-corrected chi connectivity index (χ4v) is 4.01. The molecule has 3 unspecified atom stereocenters. The number of hydrogen-bond acceptors (Lipinski definition) is 1. The SMILES string of the molecule is C=CCC1=CC=C2C(C1O)C(C)(C)C(C)C2(C)C. The van der Waals surface area contributed by atoms with Crippen molar-refractivity contribution < 1.29 is 5.11 Å². The average molecular weight is 246 g/mol. The molecule has 0 saturated heterocycles. The average Bonchev–Trinajstić information content (AvgIpc) is 2.42. The van der Waals surface area contributed by atoms with E-state index in [1.165, 1.54) is 5.57 Å². The van der Waals surface area contributed by atoms with Crippen molar-refractivity contribution in [3.63, 3.8) is 0 Å². The molecule has 18 heavy (non-hydrogen) atoms. The normalized spacial score (nSPS) is 36.7. The second kappa shape index (κ2) is 4.09. The maximum Gasteiger partial charge on any atom is 0.0826 e. The van der Waals surface area contributed by atoms with Gasteiger partial charge in [-0.1, -0.05) is 58.4 Å². The van der Waals surface area contributed by atoms with Crippen LogP contribution in [0.5, 0.6) is 0 Å². The van der Waals surface area contributed by atoms with Gasteiger partial charge in [0.15, 0.2) is 0 Å². The van der Waals surface area contributed by atoms with Crippen LogP contribution in [-0.2, 0) is 0 Å². The lowest BCUT2D eigenvalue weighted by atomic mass is 9.69. The zero-order valence-electron chi connectivity index (χ0n) is 12.3. The first-order valence-corrected chi connectivity index (χ1v) is 6.94. The highest BCUT2D eigenvalue weighted by atomic mass is 16.3. The topological polar surface area (TPSA) is 20.2 Å². The third-order valence-electron chi connectivity index (χ3n) is 5.63. The second-order valence-corrected chi connectivity index (χ2v) is 7.04. The first-order chi connectivity index (χ1) is 8.24. The van der Waals surface area contributed by atoms with Gasteiger partial charge in [-0.15, -0.1) is 6.58 Å². The summed E-state index contributed by atoms with van der Waals surface area (Å²) in [4.78, 5) is 0. The van der Waals surface area contributed by atoms with Crippen LogP contribution in [-0.4, -0.2) is 11.2 Å². The standard InChI is InChI=1S/C17H26O/c1-7-8-12-9-10-13-14(15(12)18)17(5,6)11(2)16(13,3)4/h7,9-11,14-15,18H,1,8H2,2-6H3. The van der Waals surface area contributed by atoms with Gasteiger partial charge in [-0.3, -0.25) is 0 Å². The highest BCUT2D eigenvalue weighted by molar-refractivity contribution is 5.40. The minimum Gasteiger partial charge on any atom is -0.388 e. The highest BCUT2D eigenvalue weighted by Gasteiger charge is 2.57. The van der Waals surface area contributed by atoms with Crippen LogP contribution in [0.25, 0.3) is 0 Å². The Bertz CT molecular complexity index is 423. The van der Waals surface area contributed by atoms with Crippen LogP contribution in [0, 0.1) is 22.7 Å². The van der Waals surface area contributed by atoms with Crippen molar-refractivity contribution in [3.8, 4) is 0 Å². The van der Waals surface area contributed by atoms with Crippen molar-refractivity contribution in [1.82, 2.24) is 0 Å². The summed E-state index contributed by atoms with van der Waals surface area (Å²) in [5, 5.41) is 10.7. The lowest BCUT2D eigenvalue weighted by Crippen LogP contribution is -2.35. The van der Waals surface area contributed by atoms with Crippen LogP contribution in [0.3, 0.4) is 0 Å². The molecule has 0 aromatic rings. The van der Waals surface area contributed by atoms with Gasteiger partial charge in [0.1, 0.15) is 0 Å². The Morgan fingerprint density at radius 3 is 2.44 bits per heavy atom. The third kappa shape index (κ3) is 1.64. The summed E-state index contributed by atoms with van der Waals surface area (Å²) >= 11 is 0. The number of hydrogen-bond donors (Lipinski definition) is 1. The zero-order chi connectivity index (χ0) is 13.7. The third-order valence-corrected chi connectivity index (χ3v) is 5.63. The summed E-state index contributed by atoms with van der Waals surface area (Å²) in [6.45, 7) is 15.3. The maximum atomic E-state index is 10.7. The highest BCUT2D eigenvalue weighted by Crippen LogP contribution is 2.62. The van der Waals surface area contributed by atoms with E-state index < -0.39 is 0 Å². The summed E-state index contributed by atoms with van der Waals surface area (Å²) in [5.41, 5.74) is 2.83. The van der Waals surface area contributed by atoms with Crippen molar-refractivity contribution in [3.05, 3.63) is 36.0 Å². The molecule has 1 N–H and O–H groups in total. The van der Waals surface area contributed by atoms with E-state index in [2.05, 4.69) is 53.3 Å². The lowest BCUT2D eigenvalue weighted by Gasteiger charge is -2.37. The number of aliphatic hydroxyl groups excluding tert-OH is 1. The molecule has 100 valence electrons. The number of allylic oxidation sites excluding steroid dienone is 3. The quantitative estimate of drug-likeness (QED) is 0.727. The van der Waals surface area contributed by atoms with Gasteiger partial charge in [0.25, 0.3) is 0 Å². The Balaban J connectivity index is 2.49. The molecule has 1 fully saturated rings. The van der Waals surface area contributed by atoms with Crippen molar-refractivity contribution in [2.45, 2.75) is 47.1 Å². The van der Waals surface area contributed by atoms with Gasteiger partial charge < -0.3 is 5.11 Å². The van der Waals surface area contributed by atoms with Crippen molar-refractivity contribution in [1.29, 1.82) is 0 Å². The molecule has 0 spiro atoms. The molecule has 1 nitrogen and oxygen atoms in total. The van der Waals surface area contributed by atoms with E-state index in [1.54, 1.807) is 0 Å². The summed E-state index contributed by atoms with van der Waals surface area (Å²) in [6.07, 6.45) is 6.67. The van der Waals surface area contributed by atoms with Gasteiger partial charge in [0, 0.05) is 5.92 Å². The summed E-state index contributed by atoms with van der Waals surface area (Å²) in [6, 6.07) is 0. The summed E-state index contributed by atoms with van der Waals surface area (Å²) < 4.78 is 0. The van der Waals surface area contributed by atoms with E-state index in [0.717, 1.165) is 12.0 Å². The van der Waals surface area contributed by atoms with Gasteiger partial charge in [0.2, 0.25) is 0 Å². The van der Waals surface area contributed by atoms with Crippen molar-refractivity contribution in [2.24, 2.45) is 22.7 Å². The van der Waals surface area contributed by atoms with Gasteiger partial charge in [-0.05, 0) is 28.7 Å². The Morgan fingerprint density at radius 1 is 1.28 bits per heavy atom.